The number of nitrogens with zero attached hydrogens (tertiary/aromatic N) is 5. The number of likely N-dealkylation sites (tertiary alicyclic amines) is 1. The minimum atomic E-state index is -2.77. The topological polar surface area (TPSA) is 94.1 Å². The van der Waals surface area contributed by atoms with E-state index in [-0.39, 0.29) is 17.5 Å². The fraction of sp³-hybridized carbons (Fsp3) is 0.350. The summed E-state index contributed by atoms with van der Waals surface area (Å²) in [5, 5.41) is 3.88. The number of rotatable bonds is 5. The van der Waals surface area contributed by atoms with Crippen LogP contribution in [0.15, 0.2) is 52.3 Å². The van der Waals surface area contributed by atoms with Gasteiger partial charge in [-0.1, -0.05) is 5.16 Å². The molecule has 4 heterocycles. The maximum absolute atomic E-state index is 12.7. The zero-order valence-corrected chi connectivity index (χ0v) is 15.9. The third-order valence-corrected chi connectivity index (χ3v) is 5.16. The van der Waals surface area contributed by atoms with Crippen LogP contribution in [0.1, 0.15) is 35.4 Å². The van der Waals surface area contributed by atoms with Gasteiger partial charge in [0.15, 0.2) is 11.5 Å². The Morgan fingerprint density at radius 3 is 2.73 bits per heavy atom. The molecule has 30 heavy (non-hydrogen) atoms. The number of hydrogen-bond donors (Lipinski definition) is 0. The summed E-state index contributed by atoms with van der Waals surface area (Å²) in [7, 11) is 0. The molecule has 156 valence electrons. The third-order valence-electron chi connectivity index (χ3n) is 5.16. The van der Waals surface area contributed by atoms with Crippen molar-refractivity contribution < 1.29 is 18.1 Å². The summed E-state index contributed by atoms with van der Waals surface area (Å²) in [5.41, 5.74) is -0.0470. The molecule has 1 aliphatic rings. The van der Waals surface area contributed by atoms with Crippen LogP contribution >= 0.6 is 0 Å². The highest BCUT2D eigenvalue weighted by Gasteiger charge is 2.26. The molecule has 10 heteroatoms. The second-order valence-corrected chi connectivity index (χ2v) is 7.16. The van der Waals surface area contributed by atoms with Crippen LogP contribution in [0.5, 0.6) is 0 Å². The number of amides is 1. The van der Waals surface area contributed by atoms with Gasteiger partial charge in [-0.25, -0.2) is 13.8 Å². The minimum absolute atomic E-state index is 0.147. The average Bonchev–Trinajstić information content (AvgIpc) is 3.26. The van der Waals surface area contributed by atoms with Gasteiger partial charge in [-0.2, -0.15) is 0 Å². The van der Waals surface area contributed by atoms with E-state index in [9.17, 15) is 18.4 Å². The van der Waals surface area contributed by atoms with E-state index in [4.69, 9.17) is 4.52 Å². The Morgan fingerprint density at radius 1 is 1.27 bits per heavy atom. The maximum atomic E-state index is 12.7. The van der Waals surface area contributed by atoms with Crippen LogP contribution in [-0.4, -0.2) is 43.6 Å². The predicted octanol–water partition coefficient (Wildman–Crippen LogP) is 2.78. The fourth-order valence-electron chi connectivity index (χ4n) is 3.48. The number of aromatic nitrogens is 4. The zero-order chi connectivity index (χ0) is 21.1. The number of carbonyl (C=O) groups is 1. The van der Waals surface area contributed by atoms with Crippen molar-refractivity contribution in [1.29, 1.82) is 0 Å². The highest BCUT2D eigenvalue weighted by molar-refractivity contribution is 5.93. The largest absolute Gasteiger partial charge is 0.355 e. The summed E-state index contributed by atoms with van der Waals surface area (Å²) in [4.78, 5) is 34.1. The molecule has 1 aliphatic heterocycles. The Morgan fingerprint density at radius 2 is 2.07 bits per heavy atom. The number of alkyl halides is 2. The van der Waals surface area contributed by atoms with E-state index in [1.807, 2.05) is 6.07 Å². The van der Waals surface area contributed by atoms with Gasteiger partial charge < -0.3 is 9.42 Å². The SMILES string of the molecule is O=C(c1cc(-c2cccnc2)on1)N1CCC(Cn2cnc(C(F)F)cc2=O)CC1. The number of hydrogen-bond acceptors (Lipinski definition) is 6. The van der Waals surface area contributed by atoms with Crippen LogP contribution < -0.4 is 5.56 Å². The third kappa shape index (κ3) is 4.27. The molecule has 0 radical (unpaired) electrons. The first-order chi connectivity index (χ1) is 14.5. The first kappa shape index (κ1) is 19.9. The van der Waals surface area contributed by atoms with Crippen LogP contribution in [0.3, 0.4) is 0 Å². The molecule has 4 rings (SSSR count). The van der Waals surface area contributed by atoms with E-state index in [2.05, 4.69) is 15.1 Å². The Labute approximate surface area is 170 Å². The van der Waals surface area contributed by atoms with Crippen molar-refractivity contribution in [2.45, 2.75) is 25.8 Å². The summed E-state index contributed by atoms with van der Waals surface area (Å²) >= 11 is 0. The quantitative estimate of drug-likeness (QED) is 0.636. The molecule has 1 amide bonds. The highest BCUT2D eigenvalue weighted by atomic mass is 19.3. The second kappa shape index (κ2) is 8.52. The molecule has 0 bridgehead atoms. The van der Waals surface area contributed by atoms with E-state index in [0.29, 0.717) is 38.2 Å². The lowest BCUT2D eigenvalue weighted by Gasteiger charge is -2.31. The predicted molar refractivity (Wildman–Crippen MR) is 102 cm³/mol. The van der Waals surface area contributed by atoms with Crippen molar-refractivity contribution in [2.24, 2.45) is 5.92 Å². The molecule has 0 aliphatic carbocycles. The molecular weight excluding hydrogens is 396 g/mol. The van der Waals surface area contributed by atoms with E-state index in [1.165, 1.54) is 4.57 Å². The van der Waals surface area contributed by atoms with E-state index in [0.717, 1.165) is 18.0 Å². The van der Waals surface area contributed by atoms with Crippen LogP contribution in [-0.2, 0) is 6.54 Å². The van der Waals surface area contributed by atoms with Gasteiger partial charge in [0.25, 0.3) is 17.9 Å². The summed E-state index contributed by atoms with van der Waals surface area (Å²) in [6, 6.07) is 6.05. The lowest BCUT2D eigenvalue weighted by molar-refractivity contribution is 0.0672. The van der Waals surface area contributed by atoms with Gasteiger partial charge in [0.05, 0.1) is 6.33 Å². The number of carbonyl (C=O) groups excluding carboxylic acids is 1. The van der Waals surface area contributed by atoms with Crippen LogP contribution in [0.25, 0.3) is 11.3 Å². The molecule has 1 saturated heterocycles. The number of pyridine rings is 1. The number of halogens is 2. The van der Waals surface area contributed by atoms with Gasteiger partial charge in [0.2, 0.25) is 0 Å². The smallest absolute Gasteiger partial charge is 0.280 e. The Hall–Kier alpha value is -3.43. The zero-order valence-electron chi connectivity index (χ0n) is 15.9. The average molecular weight is 415 g/mol. The molecule has 1 fully saturated rings. The van der Waals surface area contributed by atoms with Crippen molar-refractivity contribution in [3.8, 4) is 11.3 Å². The Balaban J connectivity index is 1.35. The second-order valence-electron chi connectivity index (χ2n) is 7.16. The van der Waals surface area contributed by atoms with Gasteiger partial charge in [-0.15, -0.1) is 0 Å². The molecule has 0 saturated carbocycles. The summed E-state index contributed by atoms with van der Waals surface area (Å²) in [6.07, 6.45) is 3.04. The Kier molecular flexibility index (Phi) is 5.64. The number of piperidine rings is 1. The first-order valence-electron chi connectivity index (χ1n) is 9.52. The first-order valence-corrected chi connectivity index (χ1v) is 9.52. The van der Waals surface area contributed by atoms with E-state index in [1.54, 1.807) is 29.4 Å². The van der Waals surface area contributed by atoms with Gasteiger partial charge in [0.1, 0.15) is 5.69 Å². The standard InChI is InChI=1S/C20H19F2N5O3/c21-19(22)15-9-18(28)27(12-24-15)11-13-3-6-26(7-4-13)20(29)16-8-17(30-25-16)14-2-1-5-23-10-14/h1-2,5,8-10,12-13,19H,3-4,6-7,11H2. The normalized spacial score (nSPS) is 15.0. The maximum Gasteiger partial charge on any atom is 0.280 e. The molecule has 3 aromatic rings. The molecule has 0 N–H and O–H groups in total. The highest BCUT2D eigenvalue weighted by Crippen LogP contribution is 2.23. The fourth-order valence-corrected chi connectivity index (χ4v) is 3.48. The molecule has 0 spiro atoms. The Bertz CT molecular complexity index is 1080. The lowest BCUT2D eigenvalue weighted by Crippen LogP contribution is -2.40. The van der Waals surface area contributed by atoms with Crippen molar-refractivity contribution in [2.75, 3.05) is 13.1 Å². The van der Waals surface area contributed by atoms with Gasteiger partial charge >= 0.3 is 0 Å². The minimum Gasteiger partial charge on any atom is -0.355 e. The van der Waals surface area contributed by atoms with Crippen molar-refractivity contribution in [1.82, 2.24) is 24.6 Å². The molecule has 0 unspecified atom stereocenters. The van der Waals surface area contributed by atoms with Crippen LogP contribution in [0.4, 0.5) is 8.78 Å². The molecule has 3 aromatic heterocycles. The van der Waals surface area contributed by atoms with E-state index < -0.39 is 17.7 Å². The van der Waals surface area contributed by atoms with E-state index >= 15 is 0 Å². The molecule has 0 aromatic carbocycles. The van der Waals surface area contributed by atoms with Crippen molar-refractivity contribution in [3.63, 3.8) is 0 Å². The summed E-state index contributed by atoms with van der Waals surface area (Å²) in [5.74, 6) is 0.405. The van der Waals surface area contributed by atoms with Gasteiger partial charge in [-0.3, -0.25) is 19.1 Å². The molecular formula is C20H19F2N5O3. The monoisotopic (exact) mass is 415 g/mol. The van der Waals surface area contributed by atoms with Gasteiger partial charge in [-0.05, 0) is 30.9 Å². The molecule has 8 nitrogen and oxygen atoms in total. The van der Waals surface area contributed by atoms with Crippen molar-refractivity contribution >= 4 is 5.91 Å². The molecule has 0 atom stereocenters. The lowest BCUT2D eigenvalue weighted by atomic mass is 9.96. The summed E-state index contributed by atoms with van der Waals surface area (Å²) < 4.78 is 31.9. The summed E-state index contributed by atoms with van der Waals surface area (Å²) in [6.45, 7) is 1.40. The van der Waals surface area contributed by atoms with Crippen molar-refractivity contribution in [3.05, 3.63) is 64.7 Å². The van der Waals surface area contributed by atoms with Crippen LogP contribution in [0, 0.1) is 5.92 Å². The van der Waals surface area contributed by atoms with Gasteiger partial charge in [0, 0.05) is 49.7 Å². The van der Waals surface area contributed by atoms with Crippen LogP contribution in [0.2, 0.25) is 0 Å².